The highest BCUT2D eigenvalue weighted by molar-refractivity contribution is 6.22. The van der Waals surface area contributed by atoms with Gasteiger partial charge in [-0.1, -0.05) is 39.8 Å². The second-order valence-electron chi connectivity index (χ2n) is 17.9. The van der Waals surface area contributed by atoms with Gasteiger partial charge < -0.3 is 44.9 Å². The number of aliphatic hydroxyl groups is 1. The predicted octanol–water partition coefficient (Wildman–Crippen LogP) is 6.12. The molecule has 2 aromatic heterocycles. The number of unbranched alkanes of at least 4 members (excludes halogenated alkanes) is 1. The van der Waals surface area contributed by atoms with Crippen molar-refractivity contribution in [1.82, 2.24) is 24.3 Å². The Bertz CT molecular complexity index is 2840. The van der Waals surface area contributed by atoms with E-state index in [9.17, 15) is 34.5 Å². The Kier molecular flexibility index (Phi) is 13.1. The van der Waals surface area contributed by atoms with Crippen molar-refractivity contribution >= 4 is 40.5 Å². The molecule has 3 aromatic carbocycles. The van der Waals surface area contributed by atoms with E-state index in [-0.39, 0.29) is 65.1 Å². The Morgan fingerprint density at radius 1 is 0.955 bits per heavy atom. The molecule has 1 fully saturated rings. The number of amidine groups is 1. The molecule has 0 aliphatic carbocycles. The number of cyclic esters (lactones) is 1. The normalized spacial score (nSPS) is 16.9. The first-order chi connectivity index (χ1) is 32.0. The average Bonchev–Trinajstić information content (AvgIpc) is 3.67. The van der Waals surface area contributed by atoms with Crippen LogP contribution in [0.2, 0.25) is 0 Å². The zero-order chi connectivity index (χ0) is 47.9. The zero-order valence-electron chi connectivity index (χ0n) is 38.6. The van der Waals surface area contributed by atoms with Crippen LogP contribution in [-0.2, 0) is 41.2 Å². The van der Waals surface area contributed by atoms with Gasteiger partial charge in [0.25, 0.3) is 5.56 Å². The number of carbonyl (C=O) groups excluding carboxylic acids is 3. The van der Waals surface area contributed by atoms with E-state index in [0.717, 1.165) is 72.5 Å². The Labute approximate surface area is 388 Å². The summed E-state index contributed by atoms with van der Waals surface area (Å²) in [4.78, 5) is 64.4. The summed E-state index contributed by atoms with van der Waals surface area (Å²) in [5.74, 6) is -1.16. The van der Waals surface area contributed by atoms with Gasteiger partial charge in [0.1, 0.15) is 29.7 Å². The number of pyridine rings is 2. The standard InChI is InChI=1S/C50H58N8O9/c1-6-33-35-22-32(14-15-40(35)53-44-37(33)27-57-41(44)24-39-38(46(57)61)28-66-47(62)50(39,65)7-2)67-49(64)54(5)16-8-9-17-55-18-20-56(21-19-55)26-30-10-12-31(13-11-30)58(48(52)63)45(51)36-23-34(29(3)4)42(59)25-43(36)60/h10-15,22-25,29,51,59-60,65H,6-9,16-21,26-28H2,1-5H3,(H2,52,63). The molecule has 0 saturated carbocycles. The van der Waals surface area contributed by atoms with E-state index >= 15 is 0 Å². The molecule has 6 N–H and O–H groups in total. The van der Waals surface area contributed by atoms with E-state index in [1.807, 2.05) is 39.0 Å². The number of nitrogens with one attached hydrogen (secondary N) is 1. The molecule has 1 atom stereocenters. The van der Waals surface area contributed by atoms with Gasteiger partial charge in [-0.2, -0.15) is 0 Å². The van der Waals surface area contributed by atoms with Gasteiger partial charge in [-0.3, -0.25) is 15.1 Å². The number of esters is 1. The summed E-state index contributed by atoms with van der Waals surface area (Å²) in [5, 5.41) is 41.6. The number of phenols is 2. The summed E-state index contributed by atoms with van der Waals surface area (Å²) >= 11 is 0. The van der Waals surface area contributed by atoms with Crippen molar-refractivity contribution < 1.29 is 39.2 Å². The number of nitrogens with two attached hydrogens (primary N) is 1. The fraction of sp³-hybridized carbons (Fsp3) is 0.400. The largest absolute Gasteiger partial charge is 0.508 e. The Morgan fingerprint density at radius 3 is 2.34 bits per heavy atom. The van der Waals surface area contributed by atoms with Crippen LogP contribution in [0, 0.1) is 5.41 Å². The first kappa shape index (κ1) is 46.7. The van der Waals surface area contributed by atoms with Gasteiger partial charge in [-0.05, 0) is 97.3 Å². The maximum absolute atomic E-state index is 13.7. The minimum absolute atomic E-state index is 0.0634. The smallest absolute Gasteiger partial charge is 0.414 e. The molecule has 0 bridgehead atoms. The third-order valence-corrected chi connectivity index (χ3v) is 13.4. The number of aromatic nitrogens is 2. The average molecular weight is 915 g/mol. The Balaban J connectivity index is 0.811. The van der Waals surface area contributed by atoms with Crippen LogP contribution in [0.5, 0.6) is 17.2 Å². The van der Waals surface area contributed by atoms with Gasteiger partial charge in [0.2, 0.25) is 0 Å². The highest BCUT2D eigenvalue weighted by atomic mass is 16.6. The number of aromatic hydroxyl groups is 2. The van der Waals surface area contributed by atoms with Crippen LogP contribution in [0.4, 0.5) is 15.3 Å². The third kappa shape index (κ3) is 8.93. The van der Waals surface area contributed by atoms with Crippen molar-refractivity contribution in [2.75, 3.05) is 51.2 Å². The summed E-state index contributed by atoms with van der Waals surface area (Å²) < 4.78 is 12.7. The van der Waals surface area contributed by atoms with Gasteiger partial charge in [0.15, 0.2) is 5.60 Å². The summed E-state index contributed by atoms with van der Waals surface area (Å²) in [7, 11) is 1.73. The van der Waals surface area contributed by atoms with Crippen molar-refractivity contribution in [1.29, 1.82) is 5.41 Å². The number of amides is 3. The molecule has 0 radical (unpaired) electrons. The highest BCUT2D eigenvalue weighted by Gasteiger charge is 2.45. The summed E-state index contributed by atoms with van der Waals surface area (Å²) in [6.45, 7) is 13.3. The molecule has 67 heavy (non-hydrogen) atoms. The quantitative estimate of drug-likeness (QED) is 0.0383. The monoisotopic (exact) mass is 914 g/mol. The minimum atomic E-state index is -1.91. The number of benzene rings is 3. The summed E-state index contributed by atoms with van der Waals surface area (Å²) in [5.41, 5.74) is 9.78. The van der Waals surface area contributed by atoms with Crippen molar-refractivity contribution in [3.63, 3.8) is 0 Å². The van der Waals surface area contributed by atoms with Crippen LogP contribution in [0.1, 0.15) is 91.8 Å². The number of carbonyl (C=O) groups is 3. The molecule has 3 amide bonds. The van der Waals surface area contributed by atoms with Crippen molar-refractivity contribution in [3.05, 3.63) is 110 Å². The minimum Gasteiger partial charge on any atom is -0.508 e. The number of urea groups is 1. The summed E-state index contributed by atoms with van der Waals surface area (Å²) in [6, 6.07) is 16.1. The van der Waals surface area contributed by atoms with Crippen molar-refractivity contribution in [2.45, 2.75) is 84.6 Å². The first-order valence-electron chi connectivity index (χ1n) is 22.9. The number of hydrogen-bond donors (Lipinski definition) is 5. The number of ether oxygens (including phenoxy) is 2. The van der Waals surface area contributed by atoms with E-state index in [1.54, 1.807) is 53.8 Å². The number of primary amides is 1. The van der Waals surface area contributed by atoms with Crippen LogP contribution in [0.3, 0.4) is 0 Å². The van der Waals surface area contributed by atoms with Crippen LogP contribution < -0.4 is 20.9 Å². The number of fused-ring (bicyclic) bond motifs is 5. The van der Waals surface area contributed by atoms with Gasteiger partial charge in [-0.15, -0.1) is 0 Å². The molecule has 0 spiro atoms. The van der Waals surface area contributed by atoms with Gasteiger partial charge in [0, 0.05) is 68.9 Å². The van der Waals surface area contributed by atoms with Crippen LogP contribution in [0.15, 0.2) is 65.5 Å². The zero-order valence-corrected chi connectivity index (χ0v) is 38.6. The molecule has 5 heterocycles. The number of hydrogen-bond acceptors (Lipinski definition) is 13. The second kappa shape index (κ2) is 18.8. The van der Waals surface area contributed by atoms with Crippen LogP contribution in [-0.4, -0.2) is 110 Å². The van der Waals surface area contributed by atoms with Gasteiger partial charge in [-0.25, -0.2) is 24.3 Å². The maximum Gasteiger partial charge on any atom is 0.414 e. The lowest BCUT2D eigenvalue weighted by molar-refractivity contribution is -0.172. The molecule has 17 heteroatoms. The van der Waals surface area contributed by atoms with Crippen LogP contribution >= 0.6 is 0 Å². The van der Waals surface area contributed by atoms with Crippen molar-refractivity contribution in [3.8, 4) is 28.6 Å². The number of rotatable bonds is 13. The number of aryl methyl sites for hydroxylation is 1. The fourth-order valence-corrected chi connectivity index (χ4v) is 9.48. The fourth-order valence-electron chi connectivity index (χ4n) is 9.48. The maximum atomic E-state index is 13.7. The molecule has 17 nitrogen and oxygen atoms in total. The lowest BCUT2D eigenvalue weighted by Gasteiger charge is -2.35. The molecule has 5 aromatic rings. The van der Waals surface area contributed by atoms with E-state index in [0.29, 0.717) is 53.4 Å². The molecular weight excluding hydrogens is 857 g/mol. The molecule has 3 aliphatic rings. The van der Waals surface area contributed by atoms with E-state index in [1.165, 1.54) is 12.1 Å². The van der Waals surface area contributed by atoms with E-state index < -0.39 is 23.7 Å². The number of anilines is 1. The molecular formula is C50H58N8O9. The Hall–Kier alpha value is -6.82. The number of nitrogens with zero attached hydrogens (tertiary/aromatic N) is 6. The molecule has 3 aliphatic heterocycles. The number of phenolic OH excluding ortho intramolecular Hbond substituents is 2. The second-order valence-corrected chi connectivity index (χ2v) is 17.9. The van der Waals surface area contributed by atoms with Crippen LogP contribution in [0.25, 0.3) is 22.3 Å². The molecule has 352 valence electrons. The van der Waals surface area contributed by atoms with E-state index in [2.05, 4.69) is 9.80 Å². The molecule has 1 saturated heterocycles. The lowest BCUT2D eigenvalue weighted by Crippen LogP contribution is -2.46. The van der Waals surface area contributed by atoms with Gasteiger partial charge in [0.05, 0.1) is 40.3 Å². The summed E-state index contributed by atoms with van der Waals surface area (Å²) in [6.07, 6.45) is 1.95. The predicted molar refractivity (Wildman–Crippen MR) is 253 cm³/mol. The Morgan fingerprint density at radius 2 is 1.67 bits per heavy atom. The van der Waals surface area contributed by atoms with Crippen molar-refractivity contribution in [2.24, 2.45) is 5.73 Å². The molecule has 8 rings (SSSR count). The van der Waals surface area contributed by atoms with Gasteiger partial charge >= 0.3 is 18.1 Å². The third-order valence-electron chi connectivity index (χ3n) is 13.4. The first-order valence-corrected chi connectivity index (χ1v) is 22.9. The lowest BCUT2D eigenvalue weighted by atomic mass is 9.86. The number of piperazine rings is 1. The topological polar surface area (TPSA) is 228 Å². The molecule has 1 unspecified atom stereocenters. The SMILES string of the molecule is CCc1c2c(nc3ccc(OC(=O)N(C)CCCCN4CCN(Cc5ccc(N(C(=N)c6cc(C(C)C)c(O)cc6O)C(N)=O)cc5)CC4)cc13)-c1cc3c(c(=O)n1C2)COC(=O)C3(O)CC. The van der Waals surface area contributed by atoms with E-state index in [4.69, 9.17) is 25.6 Å². The highest BCUT2D eigenvalue weighted by Crippen LogP contribution is 2.41.